The summed E-state index contributed by atoms with van der Waals surface area (Å²) in [6.07, 6.45) is 0. The van der Waals surface area contributed by atoms with Gasteiger partial charge in [-0.25, -0.2) is 4.68 Å². The number of hydrogen-bond acceptors (Lipinski definition) is 5. The van der Waals surface area contributed by atoms with E-state index in [1.54, 1.807) is 41.3 Å². The van der Waals surface area contributed by atoms with E-state index in [9.17, 15) is 19.7 Å². The van der Waals surface area contributed by atoms with Gasteiger partial charge in [0.05, 0.1) is 49.2 Å². The summed E-state index contributed by atoms with van der Waals surface area (Å²) in [6.45, 7) is 2.86. The van der Waals surface area contributed by atoms with Crippen LogP contribution in [0.2, 0.25) is 0 Å². The lowest BCUT2D eigenvalue weighted by Crippen LogP contribution is -3.12. The third-order valence-electron chi connectivity index (χ3n) is 5.45. The maximum atomic E-state index is 13.0. The highest BCUT2D eigenvalue weighted by Crippen LogP contribution is 2.27. The van der Waals surface area contributed by atoms with Gasteiger partial charge in [-0.2, -0.15) is 5.10 Å². The number of benzene rings is 2. The van der Waals surface area contributed by atoms with Crippen LogP contribution in [-0.2, 0) is 11.3 Å². The quantitative estimate of drug-likeness (QED) is 0.495. The number of nitrogens with one attached hydrogen (secondary N) is 1. The topological polar surface area (TPSA) is 103 Å². The van der Waals surface area contributed by atoms with Crippen LogP contribution in [0.1, 0.15) is 0 Å². The Morgan fingerprint density at radius 2 is 1.83 bits per heavy atom. The van der Waals surface area contributed by atoms with Crippen LogP contribution in [0.15, 0.2) is 53.3 Å². The van der Waals surface area contributed by atoms with Crippen LogP contribution in [0, 0.1) is 10.1 Å². The maximum Gasteiger partial charge on any atom is 0.275 e. The Kier molecular flexibility index (Phi) is 5.28. The Labute approximate surface area is 172 Å². The molecule has 1 amide bonds. The minimum Gasteiger partial charge on any atom is -0.334 e. The summed E-state index contributed by atoms with van der Waals surface area (Å²) in [5.74, 6) is -0.155. The molecule has 1 aliphatic heterocycles. The molecule has 2 aromatic carbocycles. The number of hydrogen-bond donors (Lipinski definition) is 1. The number of nitro groups is 1. The van der Waals surface area contributed by atoms with Crippen molar-refractivity contribution in [2.75, 3.05) is 33.2 Å². The number of carbonyl (C=O) groups excluding carboxylic acids is 1. The van der Waals surface area contributed by atoms with Gasteiger partial charge in [0.15, 0.2) is 0 Å². The lowest BCUT2D eigenvalue weighted by Gasteiger charge is -2.30. The Morgan fingerprint density at radius 1 is 1.13 bits per heavy atom. The van der Waals surface area contributed by atoms with E-state index in [2.05, 4.69) is 12.1 Å². The number of nitro benzene ring substituents is 1. The van der Waals surface area contributed by atoms with Gasteiger partial charge < -0.3 is 9.80 Å². The van der Waals surface area contributed by atoms with Crippen molar-refractivity contribution in [2.45, 2.75) is 6.54 Å². The molecule has 0 unspecified atom stereocenters. The first kappa shape index (κ1) is 19.7. The summed E-state index contributed by atoms with van der Waals surface area (Å²) >= 11 is 0. The number of fused-ring (bicyclic) bond motifs is 1. The van der Waals surface area contributed by atoms with Crippen molar-refractivity contribution in [3.05, 3.63) is 69.0 Å². The Morgan fingerprint density at radius 3 is 2.53 bits per heavy atom. The van der Waals surface area contributed by atoms with Crippen LogP contribution in [0.3, 0.4) is 0 Å². The highest BCUT2D eigenvalue weighted by atomic mass is 16.6. The molecule has 2 heterocycles. The number of aromatic nitrogens is 2. The number of nitrogens with zero attached hydrogens (tertiary/aromatic N) is 4. The number of non-ortho nitro benzene ring substituents is 1. The smallest absolute Gasteiger partial charge is 0.275 e. The minimum atomic E-state index is -0.472. The van der Waals surface area contributed by atoms with Crippen LogP contribution < -0.4 is 10.5 Å². The number of likely N-dealkylation sites (N-methyl/N-ethyl adjacent to an activating group) is 1. The normalized spacial score (nSPS) is 14.8. The summed E-state index contributed by atoms with van der Waals surface area (Å²) in [5.41, 5.74) is 0.536. The molecular formula is C21H22N5O4+. The summed E-state index contributed by atoms with van der Waals surface area (Å²) < 4.78 is 1.17. The number of amides is 1. The first-order chi connectivity index (χ1) is 14.4. The predicted molar refractivity (Wildman–Crippen MR) is 111 cm³/mol. The minimum absolute atomic E-state index is 0.0628. The van der Waals surface area contributed by atoms with Crippen molar-refractivity contribution in [2.24, 2.45) is 0 Å². The zero-order valence-corrected chi connectivity index (χ0v) is 16.6. The van der Waals surface area contributed by atoms with Crippen molar-refractivity contribution < 1.29 is 14.6 Å². The molecule has 9 heteroatoms. The average molecular weight is 408 g/mol. The largest absolute Gasteiger partial charge is 0.334 e. The second-order valence-corrected chi connectivity index (χ2v) is 7.50. The first-order valence-corrected chi connectivity index (χ1v) is 9.78. The van der Waals surface area contributed by atoms with Crippen LogP contribution in [0.4, 0.5) is 5.69 Å². The number of quaternary nitrogens is 1. The lowest BCUT2D eigenvalue weighted by atomic mass is 10.0. The molecule has 1 fully saturated rings. The van der Waals surface area contributed by atoms with Gasteiger partial charge in [0.25, 0.3) is 11.2 Å². The summed E-state index contributed by atoms with van der Waals surface area (Å²) in [5, 5.41) is 16.7. The summed E-state index contributed by atoms with van der Waals surface area (Å²) in [7, 11) is 2.09. The van der Waals surface area contributed by atoms with Crippen LogP contribution in [0.5, 0.6) is 0 Å². The maximum absolute atomic E-state index is 13.0. The molecule has 3 aromatic rings. The fraction of sp³-hybridized carbons (Fsp3) is 0.286. The van der Waals surface area contributed by atoms with Crippen molar-refractivity contribution in [1.82, 2.24) is 14.7 Å². The van der Waals surface area contributed by atoms with Crippen molar-refractivity contribution in [3.63, 3.8) is 0 Å². The fourth-order valence-corrected chi connectivity index (χ4v) is 3.69. The molecule has 0 radical (unpaired) electrons. The predicted octanol–water partition coefficient (Wildman–Crippen LogP) is 0.329. The zero-order chi connectivity index (χ0) is 21.3. The molecule has 154 valence electrons. The molecule has 1 saturated heterocycles. The van der Waals surface area contributed by atoms with E-state index in [0.717, 1.165) is 13.1 Å². The van der Waals surface area contributed by atoms with E-state index in [1.807, 2.05) is 0 Å². The molecular weight excluding hydrogens is 386 g/mol. The van der Waals surface area contributed by atoms with Gasteiger partial charge in [-0.3, -0.25) is 19.7 Å². The van der Waals surface area contributed by atoms with Gasteiger partial charge in [-0.15, -0.1) is 0 Å². The molecule has 1 N–H and O–H groups in total. The Hall–Kier alpha value is -3.59. The van der Waals surface area contributed by atoms with E-state index in [1.165, 1.54) is 21.7 Å². The number of carbonyl (C=O) groups is 1. The zero-order valence-electron chi connectivity index (χ0n) is 16.6. The van der Waals surface area contributed by atoms with Gasteiger partial charge >= 0.3 is 0 Å². The number of piperazine rings is 1. The van der Waals surface area contributed by atoms with Crippen molar-refractivity contribution >= 4 is 22.4 Å². The van der Waals surface area contributed by atoms with Crippen LogP contribution >= 0.6 is 0 Å². The van der Waals surface area contributed by atoms with E-state index in [4.69, 9.17) is 0 Å². The fourth-order valence-electron chi connectivity index (χ4n) is 3.69. The molecule has 1 aliphatic rings. The summed E-state index contributed by atoms with van der Waals surface area (Å²) in [4.78, 5) is 39.6. The molecule has 0 aliphatic carbocycles. The third-order valence-corrected chi connectivity index (χ3v) is 5.45. The molecule has 0 bridgehead atoms. The third kappa shape index (κ3) is 3.79. The molecule has 9 nitrogen and oxygen atoms in total. The van der Waals surface area contributed by atoms with Gasteiger partial charge in [0.1, 0.15) is 6.54 Å². The molecule has 0 saturated carbocycles. The second-order valence-electron chi connectivity index (χ2n) is 7.50. The van der Waals surface area contributed by atoms with Crippen LogP contribution in [0.25, 0.3) is 22.0 Å². The van der Waals surface area contributed by atoms with E-state index >= 15 is 0 Å². The van der Waals surface area contributed by atoms with E-state index in [-0.39, 0.29) is 23.7 Å². The van der Waals surface area contributed by atoms with Crippen LogP contribution in [-0.4, -0.2) is 58.7 Å². The molecule has 0 spiro atoms. The van der Waals surface area contributed by atoms with Gasteiger partial charge in [-0.1, -0.05) is 30.3 Å². The highest BCUT2D eigenvalue weighted by Gasteiger charge is 2.23. The van der Waals surface area contributed by atoms with Gasteiger partial charge in [-0.05, 0) is 6.07 Å². The van der Waals surface area contributed by atoms with Crippen molar-refractivity contribution in [1.29, 1.82) is 0 Å². The molecule has 1 aromatic heterocycles. The van der Waals surface area contributed by atoms with Gasteiger partial charge in [0, 0.05) is 23.1 Å². The first-order valence-electron chi connectivity index (χ1n) is 9.78. The average Bonchev–Trinajstić information content (AvgIpc) is 2.76. The molecule has 0 atom stereocenters. The van der Waals surface area contributed by atoms with Crippen molar-refractivity contribution in [3.8, 4) is 11.3 Å². The van der Waals surface area contributed by atoms with E-state index in [0.29, 0.717) is 35.1 Å². The number of rotatable bonds is 4. The Balaban J connectivity index is 1.77. The molecule has 30 heavy (non-hydrogen) atoms. The summed E-state index contributed by atoms with van der Waals surface area (Å²) in [6, 6.07) is 13.1. The lowest BCUT2D eigenvalue weighted by molar-refractivity contribution is -0.883. The second kappa shape index (κ2) is 8.03. The standard InChI is InChI=1S/C21H21N5O4/c1-23-9-11-24(12-10-23)19(27)14-25-21(28)18-8-3-2-7-17(18)20(22-25)15-5-4-6-16(13-15)26(29)30/h2-8,13H,9-12,14H2,1H3/p+1. The SMILES string of the molecule is C[NH+]1CCN(C(=O)Cn2nc(-c3cccc([N+](=O)[O-])c3)c3ccccc3c2=O)CC1. The Bertz CT molecular complexity index is 1180. The molecule has 4 rings (SSSR count). The van der Waals surface area contributed by atoms with E-state index < -0.39 is 4.92 Å². The highest BCUT2D eigenvalue weighted by molar-refractivity contribution is 5.94. The monoisotopic (exact) mass is 408 g/mol. The van der Waals surface area contributed by atoms with Gasteiger partial charge in [0.2, 0.25) is 5.91 Å².